The van der Waals surface area contributed by atoms with E-state index in [1.54, 1.807) is 13.4 Å². The highest BCUT2D eigenvalue weighted by Gasteiger charge is 2.22. The van der Waals surface area contributed by atoms with E-state index in [2.05, 4.69) is 39.2 Å². The fourth-order valence-corrected chi connectivity index (χ4v) is 3.59. The summed E-state index contributed by atoms with van der Waals surface area (Å²) >= 11 is 0. The molecule has 0 radical (unpaired) electrons. The van der Waals surface area contributed by atoms with Crippen molar-refractivity contribution in [3.05, 3.63) is 72.1 Å². The van der Waals surface area contributed by atoms with Gasteiger partial charge in [0.25, 0.3) is 0 Å². The van der Waals surface area contributed by atoms with Gasteiger partial charge in [0.15, 0.2) is 0 Å². The van der Waals surface area contributed by atoms with Crippen molar-refractivity contribution >= 4 is 11.8 Å². The molecule has 0 atom stereocenters. The first-order chi connectivity index (χ1) is 15.1. The standard InChI is InChI=1S/C24H27N5O2/c1-18-6-8-19(9-7-18)16-25-24(30)29-12-10-28(11-13-29)23-15-22(26-17-27-23)20-4-3-5-21(14-20)31-2/h3-9,14-15,17H,10-13,16H2,1-2H3,(H,25,30). The number of nitrogens with zero attached hydrogens (tertiary/aromatic N) is 4. The molecule has 160 valence electrons. The third-order valence-corrected chi connectivity index (χ3v) is 5.47. The molecule has 0 unspecified atom stereocenters. The second-order valence-corrected chi connectivity index (χ2v) is 7.61. The van der Waals surface area contributed by atoms with Gasteiger partial charge in [-0.05, 0) is 24.6 Å². The smallest absolute Gasteiger partial charge is 0.317 e. The van der Waals surface area contributed by atoms with Gasteiger partial charge in [-0.3, -0.25) is 0 Å². The lowest BCUT2D eigenvalue weighted by Gasteiger charge is -2.35. The molecule has 1 saturated heterocycles. The number of urea groups is 1. The fourth-order valence-electron chi connectivity index (χ4n) is 3.59. The fraction of sp³-hybridized carbons (Fsp3) is 0.292. The van der Waals surface area contributed by atoms with Crippen LogP contribution in [-0.2, 0) is 6.54 Å². The Hall–Kier alpha value is -3.61. The number of anilines is 1. The van der Waals surface area contributed by atoms with Crippen molar-refractivity contribution in [2.45, 2.75) is 13.5 Å². The molecule has 1 fully saturated rings. The number of piperazine rings is 1. The second kappa shape index (κ2) is 9.47. The summed E-state index contributed by atoms with van der Waals surface area (Å²) in [5, 5.41) is 3.02. The van der Waals surface area contributed by atoms with Crippen LogP contribution in [0.5, 0.6) is 5.75 Å². The number of ether oxygens (including phenoxy) is 1. The summed E-state index contributed by atoms with van der Waals surface area (Å²) in [7, 11) is 1.65. The van der Waals surface area contributed by atoms with E-state index in [0.29, 0.717) is 19.6 Å². The molecule has 7 nitrogen and oxygen atoms in total. The molecule has 0 spiro atoms. The van der Waals surface area contributed by atoms with E-state index >= 15 is 0 Å². The molecule has 2 aromatic carbocycles. The van der Waals surface area contributed by atoms with Gasteiger partial charge in [0.2, 0.25) is 0 Å². The van der Waals surface area contributed by atoms with Gasteiger partial charge in [0.05, 0.1) is 12.8 Å². The molecule has 4 rings (SSSR count). The van der Waals surface area contributed by atoms with Crippen molar-refractivity contribution in [1.29, 1.82) is 0 Å². The van der Waals surface area contributed by atoms with Crippen LogP contribution >= 0.6 is 0 Å². The van der Waals surface area contributed by atoms with E-state index in [1.165, 1.54) is 5.56 Å². The number of amides is 2. The van der Waals surface area contributed by atoms with E-state index < -0.39 is 0 Å². The monoisotopic (exact) mass is 417 g/mol. The van der Waals surface area contributed by atoms with Crippen LogP contribution in [0.25, 0.3) is 11.3 Å². The number of benzene rings is 2. The molecule has 0 bridgehead atoms. The van der Waals surface area contributed by atoms with Crippen LogP contribution in [0, 0.1) is 6.92 Å². The third kappa shape index (κ3) is 5.12. The van der Waals surface area contributed by atoms with Gasteiger partial charge in [-0.2, -0.15) is 0 Å². The highest BCUT2D eigenvalue weighted by molar-refractivity contribution is 5.74. The molecule has 1 aliphatic rings. The van der Waals surface area contributed by atoms with Crippen LogP contribution in [-0.4, -0.2) is 54.2 Å². The summed E-state index contributed by atoms with van der Waals surface area (Å²) < 4.78 is 5.31. The van der Waals surface area contributed by atoms with Gasteiger partial charge in [0, 0.05) is 44.4 Å². The van der Waals surface area contributed by atoms with Crippen LogP contribution in [0.2, 0.25) is 0 Å². The normalized spacial score (nSPS) is 13.7. The van der Waals surface area contributed by atoms with Crippen LogP contribution in [0.3, 0.4) is 0 Å². The Morgan fingerprint density at radius 3 is 2.55 bits per heavy atom. The summed E-state index contributed by atoms with van der Waals surface area (Å²) in [5.74, 6) is 1.66. The predicted octanol–water partition coefficient (Wildman–Crippen LogP) is 3.49. The molecule has 3 aromatic rings. The number of aryl methyl sites for hydroxylation is 1. The van der Waals surface area contributed by atoms with Gasteiger partial charge >= 0.3 is 6.03 Å². The van der Waals surface area contributed by atoms with Gasteiger partial charge in [-0.15, -0.1) is 0 Å². The summed E-state index contributed by atoms with van der Waals surface area (Å²) in [6.07, 6.45) is 1.59. The first kappa shape index (κ1) is 20.7. The first-order valence-corrected chi connectivity index (χ1v) is 10.4. The zero-order valence-corrected chi connectivity index (χ0v) is 17.9. The summed E-state index contributed by atoms with van der Waals surface area (Å²) in [5.41, 5.74) is 4.15. The molecule has 31 heavy (non-hydrogen) atoms. The number of hydrogen-bond donors (Lipinski definition) is 1. The van der Waals surface area contributed by atoms with Crippen LogP contribution in [0.1, 0.15) is 11.1 Å². The summed E-state index contributed by atoms with van der Waals surface area (Å²) in [6, 6.07) is 18.0. The predicted molar refractivity (Wildman–Crippen MR) is 121 cm³/mol. The van der Waals surface area contributed by atoms with E-state index in [9.17, 15) is 4.79 Å². The molecular weight excluding hydrogens is 390 g/mol. The van der Waals surface area contributed by atoms with Gasteiger partial charge in [-0.25, -0.2) is 14.8 Å². The van der Waals surface area contributed by atoms with Crippen molar-refractivity contribution in [2.24, 2.45) is 0 Å². The minimum Gasteiger partial charge on any atom is -0.497 e. The van der Waals surface area contributed by atoms with E-state index in [4.69, 9.17) is 4.74 Å². The Morgan fingerprint density at radius 1 is 1.03 bits per heavy atom. The van der Waals surface area contributed by atoms with Gasteiger partial charge < -0.3 is 19.9 Å². The average Bonchev–Trinajstić information content (AvgIpc) is 2.84. The molecule has 1 N–H and O–H groups in total. The van der Waals surface area contributed by atoms with Gasteiger partial charge in [-0.1, -0.05) is 42.0 Å². The number of hydrogen-bond acceptors (Lipinski definition) is 5. The van der Waals surface area contributed by atoms with Crippen molar-refractivity contribution in [2.75, 3.05) is 38.2 Å². The maximum absolute atomic E-state index is 12.5. The molecule has 0 aliphatic carbocycles. The zero-order chi connectivity index (χ0) is 21.6. The highest BCUT2D eigenvalue weighted by atomic mass is 16.5. The van der Waals surface area contributed by atoms with Crippen LogP contribution in [0.15, 0.2) is 60.9 Å². The number of rotatable bonds is 5. The maximum atomic E-state index is 12.5. The number of carbonyl (C=O) groups excluding carboxylic acids is 1. The lowest BCUT2D eigenvalue weighted by Crippen LogP contribution is -2.51. The Balaban J connectivity index is 1.34. The minimum absolute atomic E-state index is 0.0278. The van der Waals surface area contributed by atoms with Gasteiger partial charge in [0.1, 0.15) is 17.9 Å². The maximum Gasteiger partial charge on any atom is 0.317 e. The topological polar surface area (TPSA) is 70.6 Å². The Kier molecular flexibility index (Phi) is 6.31. The largest absolute Gasteiger partial charge is 0.497 e. The van der Waals surface area contributed by atoms with Crippen molar-refractivity contribution in [3.63, 3.8) is 0 Å². The third-order valence-electron chi connectivity index (χ3n) is 5.47. The van der Waals surface area contributed by atoms with Crippen molar-refractivity contribution < 1.29 is 9.53 Å². The number of carbonyl (C=O) groups is 1. The molecule has 0 saturated carbocycles. The SMILES string of the molecule is COc1cccc(-c2cc(N3CCN(C(=O)NCc4ccc(C)cc4)CC3)ncn2)c1. The number of aromatic nitrogens is 2. The minimum atomic E-state index is -0.0278. The quantitative estimate of drug-likeness (QED) is 0.688. The lowest BCUT2D eigenvalue weighted by atomic mass is 10.1. The molecule has 7 heteroatoms. The number of nitrogens with one attached hydrogen (secondary N) is 1. The summed E-state index contributed by atoms with van der Waals surface area (Å²) in [4.78, 5) is 25.4. The van der Waals surface area contributed by atoms with E-state index in [1.807, 2.05) is 47.4 Å². The first-order valence-electron chi connectivity index (χ1n) is 10.4. The summed E-state index contributed by atoms with van der Waals surface area (Å²) in [6.45, 7) is 5.35. The molecular formula is C24H27N5O2. The van der Waals surface area contributed by atoms with Crippen LogP contribution in [0.4, 0.5) is 10.6 Å². The molecule has 2 amide bonds. The molecule has 1 aliphatic heterocycles. The van der Waals surface area contributed by atoms with Crippen molar-refractivity contribution in [1.82, 2.24) is 20.2 Å². The Labute approximate surface area is 182 Å². The lowest BCUT2D eigenvalue weighted by molar-refractivity contribution is 0.194. The Bertz CT molecular complexity index is 1030. The highest BCUT2D eigenvalue weighted by Crippen LogP contribution is 2.24. The van der Waals surface area contributed by atoms with Crippen LogP contribution < -0.4 is 15.0 Å². The molecule has 1 aromatic heterocycles. The van der Waals surface area contributed by atoms with Crippen molar-refractivity contribution in [3.8, 4) is 17.0 Å². The second-order valence-electron chi connectivity index (χ2n) is 7.61. The number of methoxy groups -OCH3 is 1. The average molecular weight is 418 g/mol. The van der Waals surface area contributed by atoms with E-state index in [0.717, 1.165) is 41.5 Å². The zero-order valence-electron chi connectivity index (χ0n) is 17.9. The van der Waals surface area contributed by atoms with E-state index in [-0.39, 0.29) is 6.03 Å². The Morgan fingerprint density at radius 2 is 1.81 bits per heavy atom. The molecule has 2 heterocycles.